The number of aromatic nitrogens is 2. The van der Waals surface area contributed by atoms with Gasteiger partial charge in [0.15, 0.2) is 5.78 Å². The van der Waals surface area contributed by atoms with Crippen LogP contribution in [0.4, 0.5) is 0 Å². The molecule has 2 aliphatic rings. The molecule has 23 heavy (non-hydrogen) atoms. The molecule has 0 spiro atoms. The Hall–Kier alpha value is -2.62. The maximum atomic E-state index is 12.6. The quantitative estimate of drug-likeness (QED) is 0.819. The number of hydrogen-bond donors (Lipinski definition) is 1. The number of carbonyl (C=O) groups excluding carboxylic acids is 1. The summed E-state index contributed by atoms with van der Waals surface area (Å²) in [5, 5.41) is 10.4. The maximum absolute atomic E-state index is 12.6. The summed E-state index contributed by atoms with van der Waals surface area (Å²) in [6.07, 6.45) is 9.62. The SMILES string of the molecule is O=C1/C(=C/c2nc3n(c2O)CCCCC3)C=Cc2ccccc21. The minimum Gasteiger partial charge on any atom is -0.493 e. The third kappa shape index (κ3) is 2.40. The van der Waals surface area contributed by atoms with E-state index in [0.717, 1.165) is 43.6 Å². The van der Waals surface area contributed by atoms with Gasteiger partial charge < -0.3 is 5.11 Å². The number of aromatic hydroxyl groups is 1. The van der Waals surface area contributed by atoms with Gasteiger partial charge in [-0.1, -0.05) is 42.8 Å². The fourth-order valence-electron chi connectivity index (χ4n) is 3.28. The summed E-state index contributed by atoms with van der Waals surface area (Å²) in [4.78, 5) is 17.1. The highest BCUT2D eigenvalue weighted by Gasteiger charge is 2.21. The summed E-state index contributed by atoms with van der Waals surface area (Å²) in [7, 11) is 0. The van der Waals surface area contributed by atoms with Crippen molar-refractivity contribution in [2.45, 2.75) is 32.2 Å². The monoisotopic (exact) mass is 306 g/mol. The largest absolute Gasteiger partial charge is 0.493 e. The number of carbonyl (C=O) groups is 1. The van der Waals surface area contributed by atoms with Gasteiger partial charge in [0.25, 0.3) is 0 Å². The Morgan fingerprint density at radius 3 is 2.91 bits per heavy atom. The van der Waals surface area contributed by atoms with Crippen molar-refractivity contribution in [1.29, 1.82) is 0 Å². The van der Waals surface area contributed by atoms with Crippen molar-refractivity contribution < 1.29 is 9.90 Å². The fourth-order valence-corrected chi connectivity index (χ4v) is 3.28. The zero-order valence-electron chi connectivity index (χ0n) is 12.8. The summed E-state index contributed by atoms with van der Waals surface area (Å²) in [6, 6.07) is 7.54. The van der Waals surface area contributed by atoms with E-state index in [0.29, 0.717) is 16.8 Å². The number of aryl methyl sites for hydroxylation is 1. The average Bonchev–Trinajstić information content (AvgIpc) is 2.75. The van der Waals surface area contributed by atoms with Crippen LogP contribution < -0.4 is 0 Å². The predicted molar refractivity (Wildman–Crippen MR) is 89.2 cm³/mol. The molecule has 0 unspecified atom stereocenters. The molecule has 1 aliphatic carbocycles. The second-order valence-electron chi connectivity index (χ2n) is 6.05. The van der Waals surface area contributed by atoms with Crippen molar-refractivity contribution in [1.82, 2.24) is 9.55 Å². The molecule has 1 aromatic heterocycles. The number of Topliss-reactive ketones (excluding diaryl/α,β-unsaturated/α-hetero) is 1. The highest BCUT2D eigenvalue weighted by Crippen LogP contribution is 2.29. The standard InChI is InChI=1S/C19H18N2O2/c22-18-14(10-9-13-6-3-4-7-15(13)18)12-16-19(23)21-11-5-1-2-8-17(21)20-16/h3-4,6-7,9-10,12,23H,1-2,5,8,11H2/b14-12+. The molecule has 1 aliphatic heterocycles. The Bertz CT molecular complexity index is 843. The smallest absolute Gasteiger partial charge is 0.219 e. The number of allylic oxidation sites excluding steroid dienone is 2. The zero-order chi connectivity index (χ0) is 15.8. The van der Waals surface area contributed by atoms with Crippen LogP contribution >= 0.6 is 0 Å². The summed E-state index contributed by atoms with van der Waals surface area (Å²) >= 11 is 0. The summed E-state index contributed by atoms with van der Waals surface area (Å²) in [5.41, 5.74) is 2.68. The first-order valence-corrected chi connectivity index (χ1v) is 8.06. The van der Waals surface area contributed by atoms with Crippen LogP contribution in [0.25, 0.3) is 12.2 Å². The van der Waals surface area contributed by atoms with Gasteiger partial charge in [0.2, 0.25) is 5.88 Å². The van der Waals surface area contributed by atoms with E-state index in [1.165, 1.54) is 0 Å². The van der Waals surface area contributed by atoms with Crippen LogP contribution in [-0.4, -0.2) is 20.4 Å². The van der Waals surface area contributed by atoms with E-state index in [1.807, 2.05) is 34.9 Å². The fraction of sp³-hybridized carbons (Fsp3) is 0.263. The molecule has 1 aromatic carbocycles. The van der Waals surface area contributed by atoms with Crippen molar-refractivity contribution in [3.8, 4) is 5.88 Å². The van der Waals surface area contributed by atoms with Gasteiger partial charge >= 0.3 is 0 Å². The predicted octanol–water partition coefficient (Wildman–Crippen LogP) is 3.61. The molecule has 2 aromatic rings. The summed E-state index contributed by atoms with van der Waals surface area (Å²) in [6.45, 7) is 0.796. The molecular weight excluding hydrogens is 288 g/mol. The van der Waals surface area contributed by atoms with E-state index in [1.54, 1.807) is 12.2 Å². The molecule has 4 rings (SSSR count). The molecule has 116 valence electrons. The number of benzene rings is 1. The highest BCUT2D eigenvalue weighted by molar-refractivity contribution is 6.17. The summed E-state index contributed by atoms with van der Waals surface area (Å²) < 4.78 is 1.88. The lowest BCUT2D eigenvalue weighted by Gasteiger charge is -2.11. The zero-order valence-corrected chi connectivity index (χ0v) is 12.8. The third-order valence-electron chi connectivity index (χ3n) is 4.53. The number of rotatable bonds is 1. The minimum atomic E-state index is -0.0225. The Morgan fingerprint density at radius 2 is 2.00 bits per heavy atom. The minimum absolute atomic E-state index is 0.0225. The van der Waals surface area contributed by atoms with Gasteiger partial charge in [0.05, 0.1) is 0 Å². The Morgan fingerprint density at radius 1 is 1.13 bits per heavy atom. The lowest BCUT2D eigenvalue weighted by molar-refractivity contribution is 0.103. The molecule has 0 saturated heterocycles. The van der Waals surface area contributed by atoms with Crippen LogP contribution in [-0.2, 0) is 13.0 Å². The second kappa shape index (κ2) is 5.54. The number of hydrogen-bond acceptors (Lipinski definition) is 3. The van der Waals surface area contributed by atoms with E-state index in [9.17, 15) is 9.90 Å². The van der Waals surface area contributed by atoms with E-state index in [-0.39, 0.29) is 11.7 Å². The first kappa shape index (κ1) is 14.0. The number of ketones is 1. The Kier molecular flexibility index (Phi) is 3.37. The van der Waals surface area contributed by atoms with Crippen LogP contribution in [0.3, 0.4) is 0 Å². The topological polar surface area (TPSA) is 55.1 Å². The first-order chi connectivity index (χ1) is 11.2. The van der Waals surface area contributed by atoms with Crippen LogP contribution in [0.2, 0.25) is 0 Å². The van der Waals surface area contributed by atoms with Crippen LogP contribution in [0, 0.1) is 0 Å². The summed E-state index contributed by atoms with van der Waals surface area (Å²) in [5.74, 6) is 1.07. The highest BCUT2D eigenvalue weighted by atomic mass is 16.3. The normalized spacial score (nSPS) is 18.6. The van der Waals surface area contributed by atoms with Gasteiger partial charge in [-0.15, -0.1) is 0 Å². The molecule has 1 N–H and O–H groups in total. The van der Waals surface area contributed by atoms with E-state index in [2.05, 4.69) is 4.98 Å². The molecule has 0 fully saturated rings. The van der Waals surface area contributed by atoms with E-state index < -0.39 is 0 Å². The Balaban J connectivity index is 1.74. The van der Waals surface area contributed by atoms with Gasteiger partial charge in [-0.05, 0) is 24.5 Å². The number of fused-ring (bicyclic) bond motifs is 2. The van der Waals surface area contributed by atoms with E-state index >= 15 is 0 Å². The first-order valence-electron chi connectivity index (χ1n) is 8.06. The van der Waals surface area contributed by atoms with Crippen molar-refractivity contribution in [3.63, 3.8) is 0 Å². The van der Waals surface area contributed by atoms with Crippen LogP contribution in [0.5, 0.6) is 5.88 Å². The average molecular weight is 306 g/mol. The van der Waals surface area contributed by atoms with Gasteiger partial charge in [-0.3, -0.25) is 9.36 Å². The molecular formula is C19H18N2O2. The van der Waals surface area contributed by atoms with Crippen molar-refractivity contribution in [2.75, 3.05) is 0 Å². The third-order valence-corrected chi connectivity index (χ3v) is 4.53. The van der Waals surface area contributed by atoms with Crippen molar-refractivity contribution in [3.05, 3.63) is 58.6 Å². The van der Waals surface area contributed by atoms with Gasteiger partial charge in [-0.2, -0.15) is 0 Å². The van der Waals surface area contributed by atoms with Crippen LogP contribution in [0.15, 0.2) is 35.9 Å². The van der Waals surface area contributed by atoms with Crippen molar-refractivity contribution in [2.24, 2.45) is 0 Å². The second-order valence-corrected chi connectivity index (χ2v) is 6.05. The molecule has 0 atom stereocenters. The lowest BCUT2D eigenvalue weighted by atomic mass is 9.92. The van der Waals surface area contributed by atoms with Crippen molar-refractivity contribution >= 4 is 17.9 Å². The number of imidazole rings is 1. The molecule has 2 heterocycles. The molecule has 0 radical (unpaired) electrons. The molecule has 4 nitrogen and oxygen atoms in total. The van der Waals surface area contributed by atoms with Gasteiger partial charge in [0.1, 0.15) is 11.5 Å². The maximum Gasteiger partial charge on any atom is 0.219 e. The molecule has 0 amide bonds. The lowest BCUT2D eigenvalue weighted by Crippen LogP contribution is -2.07. The molecule has 4 heteroatoms. The van der Waals surface area contributed by atoms with E-state index in [4.69, 9.17) is 0 Å². The van der Waals surface area contributed by atoms with Gasteiger partial charge in [0, 0.05) is 24.1 Å². The van der Waals surface area contributed by atoms with Gasteiger partial charge in [-0.25, -0.2) is 4.98 Å². The molecule has 0 bridgehead atoms. The Labute approximate surface area is 134 Å². The number of nitrogens with zero attached hydrogens (tertiary/aromatic N) is 2. The van der Waals surface area contributed by atoms with Crippen LogP contribution in [0.1, 0.15) is 46.7 Å². The molecule has 0 saturated carbocycles.